The number of ether oxygens (including phenoxy) is 4. The molecule has 0 fully saturated rings. The predicted molar refractivity (Wildman–Crippen MR) is 380 cm³/mol. The Labute approximate surface area is 615 Å². The Morgan fingerprint density at radius 3 is 1.08 bits per heavy atom. The van der Waals surface area contributed by atoms with E-state index in [1.807, 2.05) is 34.9 Å². The van der Waals surface area contributed by atoms with Gasteiger partial charge < -0.3 is 54.5 Å². The van der Waals surface area contributed by atoms with Crippen molar-refractivity contribution in [1.29, 1.82) is 0 Å². The van der Waals surface area contributed by atoms with E-state index >= 15 is 0 Å². The van der Waals surface area contributed by atoms with Crippen molar-refractivity contribution in [2.24, 2.45) is 0 Å². The lowest BCUT2D eigenvalue weighted by Crippen LogP contribution is -2.34. The number of phenols is 1. The maximum Gasteiger partial charge on any atom is 0.405 e. The third-order valence-electron chi connectivity index (χ3n) is 18.3. The highest BCUT2D eigenvalue weighted by molar-refractivity contribution is 6.18. The number of carboxylic acids is 1. The number of rotatable bonds is 19. The summed E-state index contributed by atoms with van der Waals surface area (Å²) in [7, 11) is 7.75. The number of carbonyl (C=O) groups is 6. The number of nitrogens with zero attached hydrogens (tertiary/aromatic N) is 6. The van der Waals surface area contributed by atoms with Crippen LogP contribution in [0.1, 0.15) is 123 Å². The van der Waals surface area contributed by atoms with E-state index in [-0.39, 0.29) is 122 Å². The molecule has 109 heavy (non-hydrogen) atoms. The zero-order chi connectivity index (χ0) is 77.9. The fourth-order valence-electron chi connectivity index (χ4n) is 13.1. The lowest BCUT2D eigenvalue weighted by atomic mass is 9.94. The van der Waals surface area contributed by atoms with Crippen molar-refractivity contribution in [2.45, 2.75) is 64.5 Å². The highest BCUT2D eigenvalue weighted by atomic mass is 19.4. The number of alkyl halides is 6. The molecule has 8 aromatic carbocycles. The average Bonchev–Trinajstić information content (AvgIpc) is 1.66. The summed E-state index contributed by atoms with van der Waals surface area (Å²) in [6.45, 7) is -2.75. The molecule has 6 heterocycles. The molecule has 3 aliphatic heterocycles. The lowest BCUT2D eigenvalue weighted by Gasteiger charge is -2.18. The molecule has 0 saturated heterocycles. The second kappa shape index (κ2) is 31.3. The second-order valence-electron chi connectivity index (χ2n) is 26.0. The molecule has 0 saturated carbocycles. The molecule has 560 valence electrons. The molecule has 11 aromatic rings. The average molecular weight is 1500 g/mol. The van der Waals surface area contributed by atoms with Crippen LogP contribution < -0.4 is 29.6 Å². The number of aromatic nitrogens is 3. The van der Waals surface area contributed by atoms with E-state index in [1.54, 1.807) is 106 Å². The van der Waals surface area contributed by atoms with Gasteiger partial charge in [0.05, 0.1) is 47.6 Å². The SMILES string of the molecule is CN1Cc2c(c(O)c3ncc(Cc4ccc(F)cc4)cc3c2C(=O)NCC(F)(F)F)C1=O.COc1ccc(COc2c3c(c(C(=O)NCC(F)(F)F)c4cc(Cc5ccc(F)cc5)cnc24)CN(C)C3=O)cc1.COc1ccc(COc2c3c(c(C(=O)O)c4cc(Cc5ccc(F)cc5)cnc24)CN(C)C3=O)cc1. The van der Waals surface area contributed by atoms with Crippen LogP contribution >= 0.6 is 0 Å². The Balaban J connectivity index is 0.000000154. The number of phenolic OH excluding ortho intramolecular Hbond substituents is 1. The van der Waals surface area contributed by atoms with E-state index in [9.17, 15) is 78.5 Å². The second-order valence-corrected chi connectivity index (χ2v) is 26.0. The fourth-order valence-corrected chi connectivity index (χ4v) is 13.1. The van der Waals surface area contributed by atoms with Crippen LogP contribution in [0.5, 0.6) is 28.7 Å². The predicted octanol–water partition coefficient (Wildman–Crippen LogP) is 13.8. The number of amides is 5. The summed E-state index contributed by atoms with van der Waals surface area (Å²) in [6, 6.07) is 37.1. The van der Waals surface area contributed by atoms with Gasteiger partial charge in [0.1, 0.15) is 71.8 Å². The molecule has 4 N–H and O–H groups in total. The van der Waals surface area contributed by atoms with Crippen LogP contribution in [0.3, 0.4) is 0 Å². The normalized spacial score (nSPS) is 13.0. The molecule has 0 atom stereocenters. The first-order valence-electron chi connectivity index (χ1n) is 33.5. The van der Waals surface area contributed by atoms with Gasteiger partial charge in [0.2, 0.25) is 0 Å². The van der Waals surface area contributed by atoms with Crippen molar-refractivity contribution >= 4 is 68.2 Å². The van der Waals surface area contributed by atoms with Crippen molar-refractivity contribution in [3.63, 3.8) is 0 Å². The summed E-state index contributed by atoms with van der Waals surface area (Å²) in [6.07, 6.45) is -3.57. The monoisotopic (exact) mass is 1500 g/mol. The maximum atomic E-state index is 13.4. The van der Waals surface area contributed by atoms with Gasteiger partial charge >= 0.3 is 18.3 Å². The topological polar surface area (TPSA) is 252 Å². The van der Waals surface area contributed by atoms with E-state index in [2.05, 4.69) is 15.0 Å². The summed E-state index contributed by atoms with van der Waals surface area (Å²) in [4.78, 5) is 94.6. The van der Waals surface area contributed by atoms with Gasteiger partial charge in [0.15, 0.2) is 17.2 Å². The first kappa shape index (κ1) is 75.8. The van der Waals surface area contributed by atoms with Gasteiger partial charge in [-0.1, -0.05) is 60.7 Å². The van der Waals surface area contributed by atoms with Gasteiger partial charge in [0, 0.05) is 92.2 Å². The van der Waals surface area contributed by atoms with Gasteiger partial charge in [-0.05, 0) is 143 Å². The van der Waals surface area contributed by atoms with Crippen molar-refractivity contribution in [3.8, 4) is 28.7 Å². The molecule has 0 bridgehead atoms. The summed E-state index contributed by atoms with van der Waals surface area (Å²) < 4.78 is 140. The van der Waals surface area contributed by atoms with Crippen LogP contribution in [0.15, 0.2) is 158 Å². The Hall–Kier alpha value is -12.8. The van der Waals surface area contributed by atoms with Crippen molar-refractivity contribution < 1.29 is 97.4 Å². The quantitative estimate of drug-likeness (QED) is 0.0549. The summed E-state index contributed by atoms with van der Waals surface area (Å²) in [5.41, 5.74) is 7.22. The van der Waals surface area contributed by atoms with Crippen LogP contribution in [0, 0.1) is 17.5 Å². The Morgan fingerprint density at radius 2 is 0.743 bits per heavy atom. The number of aromatic carboxylic acids is 1. The molecule has 29 heteroatoms. The van der Waals surface area contributed by atoms with E-state index in [1.165, 1.54) is 77.5 Å². The maximum absolute atomic E-state index is 13.4. The van der Waals surface area contributed by atoms with Crippen LogP contribution in [-0.4, -0.2) is 136 Å². The number of carboxylic acid groups (broad SMARTS) is 1. The number of fused-ring (bicyclic) bond motifs is 6. The van der Waals surface area contributed by atoms with Gasteiger partial charge in [0.25, 0.3) is 29.5 Å². The number of benzene rings is 8. The smallest absolute Gasteiger partial charge is 0.405 e. The highest BCUT2D eigenvalue weighted by Crippen LogP contribution is 2.44. The number of pyridine rings is 3. The van der Waals surface area contributed by atoms with Crippen LogP contribution in [-0.2, 0) is 52.1 Å². The first-order valence-corrected chi connectivity index (χ1v) is 33.5. The molecule has 0 unspecified atom stereocenters. The number of aromatic hydroxyl groups is 1. The van der Waals surface area contributed by atoms with Crippen LogP contribution in [0.25, 0.3) is 32.7 Å². The molecular formula is C80H65F9N8O12. The molecule has 3 aliphatic rings. The molecule has 3 aromatic heterocycles. The fraction of sp³-hybridized carbons (Fsp3) is 0.212. The third-order valence-corrected chi connectivity index (χ3v) is 18.3. The van der Waals surface area contributed by atoms with Crippen LogP contribution in [0.2, 0.25) is 0 Å². The number of halogens is 9. The largest absolute Gasteiger partial charge is 0.505 e. The summed E-state index contributed by atoms with van der Waals surface area (Å²) >= 11 is 0. The van der Waals surface area contributed by atoms with Gasteiger partial charge in [-0.2, -0.15) is 26.3 Å². The first-order chi connectivity index (χ1) is 51.9. The summed E-state index contributed by atoms with van der Waals surface area (Å²) in [5.74, 6) is -4.21. The highest BCUT2D eigenvalue weighted by Gasteiger charge is 2.40. The Morgan fingerprint density at radius 1 is 0.440 bits per heavy atom. The number of methoxy groups -OCH3 is 2. The van der Waals surface area contributed by atoms with Gasteiger partial charge in [-0.3, -0.25) is 38.9 Å². The molecular weight excluding hydrogens is 1440 g/mol. The number of carbonyl (C=O) groups excluding carboxylic acids is 5. The number of hydrogen-bond donors (Lipinski definition) is 4. The van der Waals surface area contributed by atoms with Crippen molar-refractivity contribution in [2.75, 3.05) is 48.5 Å². The molecule has 14 rings (SSSR count). The minimum absolute atomic E-state index is 0.0000363. The third kappa shape index (κ3) is 16.7. The zero-order valence-corrected chi connectivity index (χ0v) is 58.6. The zero-order valence-electron chi connectivity index (χ0n) is 58.6. The number of nitrogens with one attached hydrogen (secondary N) is 2. The summed E-state index contributed by atoms with van der Waals surface area (Å²) in [5, 5.41) is 25.3. The van der Waals surface area contributed by atoms with E-state index < -0.39 is 72.4 Å². The minimum Gasteiger partial charge on any atom is -0.505 e. The van der Waals surface area contributed by atoms with Gasteiger partial charge in [-0.25, -0.2) is 18.0 Å². The Bertz CT molecular complexity index is 5400. The molecule has 0 spiro atoms. The lowest BCUT2D eigenvalue weighted by molar-refractivity contribution is -0.123. The molecule has 5 amide bonds. The van der Waals surface area contributed by atoms with Gasteiger partial charge in [-0.15, -0.1) is 0 Å². The van der Waals surface area contributed by atoms with Crippen LogP contribution in [0.4, 0.5) is 39.5 Å². The number of hydrogen-bond acceptors (Lipinski definition) is 14. The molecule has 20 nitrogen and oxygen atoms in total. The van der Waals surface area contributed by atoms with E-state index in [0.717, 1.165) is 33.4 Å². The minimum atomic E-state index is -4.63. The van der Waals surface area contributed by atoms with Crippen molar-refractivity contribution in [3.05, 3.63) is 270 Å². The standard InChI is InChI=1S/C30H25F4N3O4.C28H23FN2O5.C22H17F4N3O3/c1-37-14-23-24(28(38)36-16-30(32,33)34)22-12-19(11-17-3-7-20(31)8-4-17)13-35-26(22)27(25(23)29(37)39)41-15-18-5-9-21(40-2)10-6-18;1-31-14-22-23(28(33)34)21-12-18(11-16-3-7-19(29)8-4-16)13-30-25(21)26(24(22)27(31)32)36-15-17-5-9-20(35-2)10-6-17;1-29-9-15-16(20(31)28-10-22(24,25)26)14-7-12(6-11-2-4-13(23)5-3-11)8-27-18(14)19(30)17(15)21(29)32/h3-10,12-13H,11,14-16H2,1-2H3,(H,36,38);3-10,12-13H,11,14-15H2,1-2H3,(H,33,34);2-5,7-8,30H,6,9-10H2,1H3,(H,28,31). The van der Waals surface area contributed by atoms with E-state index in [0.29, 0.717) is 58.4 Å². The Kier molecular flexibility index (Phi) is 21.8. The van der Waals surface area contributed by atoms with Crippen molar-refractivity contribution in [1.82, 2.24) is 40.3 Å². The van der Waals surface area contributed by atoms with E-state index in [4.69, 9.17) is 18.9 Å². The molecule has 0 radical (unpaired) electrons. The molecule has 0 aliphatic carbocycles.